The van der Waals surface area contributed by atoms with Crippen LogP contribution in [-0.4, -0.2) is 16.0 Å². The summed E-state index contributed by atoms with van der Waals surface area (Å²) < 4.78 is 5.48. The zero-order valence-electron chi connectivity index (χ0n) is 16.9. The van der Waals surface area contributed by atoms with E-state index >= 15 is 0 Å². The molecule has 2 rings (SSSR count). The van der Waals surface area contributed by atoms with E-state index in [4.69, 9.17) is 10.3 Å². The van der Waals surface area contributed by atoms with Crippen LogP contribution >= 0.6 is 11.8 Å². The number of nitrogens with two attached hydrogens (primary N) is 1. The van der Waals surface area contributed by atoms with Gasteiger partial charge in [-0.1, -0.05) is 74.9 Å². The number of carbonyl (C=O) groups is 1. The number of primary amides is 1. The van der Waals surface area contributed by atoms with Crippen LogP contribution in [0.1, 0.15) is 82.3 Å². The van der Waals surface area contributed by atoms with Gasteiger partial charge in [-0.3, -0.25) is 4.79 Å². The van der Waals surface area contributed by atoms with Gasteiger partial charge in [0.25, 0.3) is 0 Å². The number of nitrogens with zero attached hydrogens (tertiary/aromatic N) is 2. The summed E-state index contributed by atoms with van der Waals surface area (Å²) in [6.07, 6.45) is 17.9. The molecule has 1 saturated carbocycles. The van der Waals surface area contributed by atoms with Crippen molar-refractivity contribution in [2.45, 2.75) is 76.4 Å². The summed E-state index contributed by atoms with van der Waals surface area (Å²) in [4.78, 5) is 17.1. The van der Waals surface area contributed by atoms with E-state index in [2.05, 4.69) is 16.7 Å². The average Bonchev–Trinajstić information content (AvgIpc) is 3.15. The molecule has 1 aromatic rings. The quantitative estimate of drug-likeness (QED) is 0.455. The minimum atomic E-state index is -0.318. The lowest BCUT2D eigenvalue weighted by atomic mass is 9.84. The van der Waals surface area contributed by atoms with Crippen molar-refractivity contribution in [2.24, 2.45) is 11.7 Å². The molecule has 0 saturated heterocycles. The molecule has 28 heavy (non-hydrogen) atoms. The van der Waals surface area contributed by atoms with Gasteiger partial charge in [-0.25, -0.2) is 0 Å². The van der Waals surface area contributed by atoms with Crippen molar-refractivity contribution in [3.8, 4) is 0 Å². The Morgan fingerprint density at radius 2 is 2.18 bits per heavy atom. The van der Waals surface area contributed by atoms with E-state index < -0.39 is 0 Å². The van der Waals surface area contributed by atoms with E-state index in [-0.39, 0.29) is 18.2 Å². The van der Waals surface area contributed by atoms with E-state index in [1.54, 1.807) is 17.8 Å². The van der Waals surface area contributed by atoms with Crippen molar-refractivity contribution in [1.29, 1.82) is 0 Å². The van der Waals surface area contributed by atoms with Crippen molar-refractivity contribution >= 4 is 17.7 Å². The van der Waals surface area contributed by atoms with Gasteiger partial charge < -0.3 is 10.3 Å². The molecule has 1 fully saturated rings. The molecule has 1 aliphatic rings. The minimum Gasteiger partial charge on any atom is -0.370 e. The molecule has 0 radical (unpaired) electrons. The molecule has 0 bridgehead atoms. The molecule has 1 aliphatic carbocycles. The molecule has 1 heterocycles. The smallest absolute Gasteiger partial charge is 0.230 e. The number of carbonyl (C=O) groups excluding carboxylic acids is 1. The first-order valence-corrected chi connectivity index (χ1v) is 11.3. The van der Waals surface area contributed by atoms with E-state index in [9.17, 15) is 4.79 Å². The molecule has 0 aromatic carbocycles. The zero-order chi connectivity index (χ0) is 20.2. The van der Waals surface area contributed by atoms with Gasteiger partial charge in [-0.15, -0.1) is 11.8 Å². The first-order chi connectivity index (χ1) is 13.6. The van der Waals surface area contributed by atoms with Crippen molar-refractivity contribution in [3.05, 3.63) is 47.5 Å². The van der Waals surface area contributed by atoms with Crippen LogP contribution < -0.4 is 5.73 Å². The number of aromatic nitrogens is 2. The third-order valence-electron chi connectivity index (χ3n) is 5.15. The number of hydrogen-bond acceptors (Lipinski definition) is 5. The highest BCUT2D eigenvalue weighted by Gasteiger charge is 2.22. The van der Waals surface area contributed by atoms with Gasteiger partial charge in [0, 0.05) is 17.2 Å². The zero-order valence-corrected chi connectivity index (χ0v) is 17.8. The van der Waals surface area contributed by atoms with Crippen LogP contribution in [0.5, 0.6) is 0 Å². The summed E-state index contributed by atoms with van der Waals surface area (Å²) in [7, 11) is 0. The first kappa shape index (κ1) is 22.5. The maximum absolute atomic E-state index is 11.5. The second kappa shape index (κ2) is 12.6. The lowest BCUT2D eigenvalue weighted by Crippen LogP contribution is -2.16. The lowest BCUT2D eigenvalue weighted by Gasteiger charge is -2.21. The van der Waals surface area contributed by atoms with Gasteiger partial charge in [-0.05, 0) is 25.3 Å². The fourth-order valence-corrected chi connectivity index (χ4v) is 4.59. The van der Waals surface area contributed by atoms with Crippen LogP contribution in [0.3, 0.4) is 0 Å². The SMILES string of the molecule is C=C/C=C(\C=C/C)SCc1noc(C(CCCC2CCCCC2)CC(N)=O)n1. The highest BCUT2D eigenvalue weighted by molar-refractivity contribution is 8.02. The second-order valence-electron chi connectivity index (χ2n) is 7.44. The average molecular weight is 404 g/mol. The standard InChI is InChI=1S/C22H33N3O2S/c1-3-9-19(10-4-2)28-16-21-24-22(27-25-21)18(15-20(23)26)14-8-13-17-11-6-5-7-12-17/h3-4,9-10,17-18H,1,5-8,11-16H2,2H3,(H2,23,26)/b10-4-,19-9+. The Morgan fingerprint density at radius 3 is 2.86 bits per heavy atom. The van der Waals surface area contributed by atoms with Crippen LogP contribution in [0.2, 0.25) is 0 Å². The van der Waals surface area contributed by atoms with Crippen LogP contribution in [0, 0.1) is 5.92 Å². The largest absolute Gasteiger partial charge is 0.370 e. The topological polar surface area (TPSA) is 82.0 Å². The Hall–Kier alpha value is -1.82. The van der Waals surface area contributed by atoms with Gasteiger partial charge in [0.15, 0.2) is 5.82 Å². The molecule has 0 spiro atoms. The number of hydrogen-bond donors (Lipinski definition) is 1. The molecule has 154 valence electrons. The third kappa shape index (κ3) is 8.05. The van der Waals surface area contributed by atoms with Gasteiger partial charge in [-0.2, -0.15) is 4.98 Å². The fraction of sp³-hybridized carbons (Fsp3) is 0.591. The number of amides is 1. The highest BCUT2D eigenvalue weighted by Crippen LogP contribution is 2.31. The minimum absolute atomic E-state index is 0.0777. The molecule has 1 aromatic heterocycles. The molecular weight excluding hydrogens is 370 g/mol. The molecule has 5 nitrogen and oxygen atoms in total. The maximum Gasteiger partial charge on any atom is 0.230 e. The predicted octanol–water partition coefficient (Wildman–Crippen LogP) is 5.66. The summed E-state index contributed by atoms with van der Waals surface area (Å²) in [5.74, 6) is 2.23. The van der Waals surface area contributed by atoms with E-state index in [0.717, 1.165) is 23.7 Å². The number of allylic oxidation sites excluding steroid dienone is 4. The lowest BCUT2D eigenvalue weighted by molar-refractivity contribution is -0.118. The Bertz CT molecular complexity index is 675. The molecule has 1 amide bonds. The highest BCUT2D eigenvalue weighted by atomic mass is 32.2. The van der Waals surface area contributed by atoms with Crippen LogP contribution in [0.4, 0.5) is 0 Å². The van der Waals surface area contributed by atoms with E-state index in [1.165, 1.54) is 38.5 Å². The van der Waals surface area contributed by atoms with Crippen molar-refractivity contribution in [2.75, 3.05) is 0 Å². The van der Waals surface area contributed by atoms with Gasteiger partial charge in [0.1, 0.15) is 0 Å². The summed E-state index contributed by atoms with van der Waals surface area (Å²) in [5, 5.41) is 4.10. The summed E-state index contributed by atoms with van der Waals surface area (Å²) in [6, 6.07) is 0. The Labute approximate surface area is 172 Å². The molecule has 1 unspecified atom stereocenters. The Balaban J connectivity index is 1.91. The molecule has 0 aliphatic heterocycles. The fourth-order valence-electron chi connectivity index (χ4n) is 3.76. The third-order valence-corrected chi connectivity index (χ3v) is 6.16. The summed E-state index contributed by atoms with van der Waals surface area (Å²) >= 11 is 1.63. The van der Waals surface area contributed by atoms with Crippen LogP contribution in [0.15, 0.2) is 40.3 Å². The molecular formula is C22H33N3O2S. The first-order valence-electron chi connectivity index (χ1n) is 10.3. The van der Waals surface area contributed by atoms with Crippen molar-refractivity contribution in [1.82, 2.24) is 10.1 Å². The second-order valence-corrected chi connectivity index (χ2v) is 8.49. The van der Waals surface area contributed by atoms with Crippen LogP contribution in [0.25, 0.3) is 0 Å². The van der Waals surface area contributed by atoms with Gasteiger partial charge in [0.2, 0.25) is 11.8 Å². The van der Waals surface area contributed by atoms with E-state index in [0.29, 0.717) is 17.5 Å². The molecule has 2 N–H and O–H groups in total. The Kier molecular flexibility index (Phi) is 10.1. The normalized spacial score (nSPS) is 17.1. The summed E-state index contributed by atoms with van der Waals surface area (Å²) in [6.45, 7) is 5.72. The summed E-state index contributed by atoms with van der Waals surface area (Å²) in [5.41, 5.74) is 5.46. The number of thioether (sulfide) groups is 1. The Morgan fingerprint density at radius 1 is 1.39 bits per heavy atom. The van der Waals surface area contributed by atoms with Crippen LogP contribution in [-0.2, 0) is 10.5 Å². The van der Waals surface area contributed by atoms with Gasteiger partial charge in [0.05, 0.1) is 5.75 Å². The number of rotatable bonds is 12. The maximum atomic E-state index is 11.5. The van der Waals surface area contributed by atoms with Crippen molar-refractivity contribution in [3.63, 3.8) is 0 Å². The van der Waals surface area contributed by atoms with E-state index in [1.807, 2.05) is 25.2 Å². The van der Waals surface area contributed by atoms with Gasteiger partial charge >= 0.3 is 0 Å². The molecule has 1 atom stereocenters. The monoisotopic (exact) mass is 403 g/mol. The predicted molar refractivity (Wildman–Crippen MR) is 116 cm³/mol. The molecule has 6 heteroatoms. The van der Waals surface area contributed by atoms with Crippen molar-refractivity contribution < 1.29 is 9.32 Å².